The van der Waals surface area contributed by atoms with Crippen LogP contribution >= 0.6 is 0 Å². The molecule has 2 heterocycles. The summed E-state index contributed by atoms with van der Waals surface area (Å²) >= 11 is 0. The monoisotopic (exact) mass is 349 g/mol. The molecule has 2 aliphatic rings. The molecule has 1 saturated heterocycles. The molecule has 4 rings (SSSR count). The Labute approximate surface area is 153 Å². The number of nitrogens with zero attached hydrogens (tertiary/aromatic N) is 1. The van der Waals surface area contributed by atoms with Crippen LogP contribution in [0, 0.1) is 5.92 Å². The predicted molar refractivity (Wildman–Crippen MR) is 101 cm³/mol. The Kier molecular flexibility index (Phi) is 4.76. The molecule has 4 nitrogen and oxygen atoms in total. The summed E-state index contributed by atoms with van der Waals surface area (Å²) in [7, 11) is 0. The number of carboxylic acid groups (broad SMARTS) is 1. The Morgan fingerprint density at radius 2 is 1.77 bits per heavy atom. The molecule has 1 fully saturated rings. The number of fused-ring (bicyclic) bond motifs is 2. The van der Waals surface area contributed by atoms with Crippen molar-refractivity contribution in [3.63, 3.8) is 0 Å². The van der Waals surface area contributed by atoms with Crippen LogP contribution in [0.5, 0.6) is 5.75 Å². The number of carbonyl (C=O) groups is 1. The third-order valence-electron chi connectivity index (χ3n) is 5.36. The number of benzene rings is 2. The van der Waals surface area contributed by atoms with Gasteiger partial charge in [0.15, 0.2) is 0 Å². The average Bonchev–Trinajstić information content (AvgIpc) is 2.84. The fourth-order valence-electron chi connectivity index (χ4n) is 3.83. The minimum absolute atomic E-state index is 0.188. The summed E-state index contributed by atoms with van der Waals surface area (Å²) in [5.74, 6) is 0.0675. The van der Waals surface area contributed by atoms with Crippen molar-refractivity contribution < 1.29 is 14.6 Å². The predicted octanol–water partition coefficient (Wildman–Crippen LogP) is 3.81. The smallest absolute Gasteiger partial charge is 0.306 e. The standard InChI is InChI=1S/C22H23NO3/c24-22(25)16-9-12-23(13-10-16)14-11-19-18-6-2-1-5-17(18)15-26-21-8-4-3-7-20(19)21/h1-8,11,16H,9-10,12-15H2,(H,24,25). The van der Waals surface area contributed by atoms with E-state index in [-0.39, 0.29) is 5.92 Å². The Bertz CT molecular complexity index is 785. The van der Waals surface area contributed by atoms with Crippen LogP contribution in [-0.4, -0.2) is 35.6 Å². The highest BCUT2D eigenvalue weighted by atomic mass is 16.5. The molecule has 0 unspecified atom stereocenters. The minimum atomic E-state index is -0.660. The molecule has 0 amide bonds. The maximum absolute atomic E-state index is 11.1. The Hall–Kier alpha value is -2.59. The fraction of sp³-hybridized carbons (Fsp3) is 0.318. The number of hydrogen-bond donors (Lipinski definition) is 1. The van der Waals surface area contributed by atoms with Gasteiger partial charge in [-0.05, 0) is 48.7 Å². The molecule has 2 aromatic rings. The Morgan fingerprint density at radius 1 is 1.08 bits per heavy atom. The summed E-state index contributed by atoms with van der Waals surface area (Å²) in [6.45, 7) is 3.07. The van der Waals surface area contributed by atoms with Crippen molar-refractivity contribution in [3.8, 4) is 5.75 Å². The summed E-state index contributed by atoms with van der Waals surface area (Å²) in [6, 6.07) is 16.6. The molecule has 0 saturated carbocycles. The van der Waals surface area contributed by atoms with Crippen LogP contribution in [0.2, 0.25) is 0 Å². The molecule has 0 atom stereocenters. The maximum atomic E-state index is 11.1. The summed E-state index contributed by atoms with van der Waals surface area (Å²) in [4.78, 5) is 13.5. The van der Waals surface area contributed by atoms with Crippen LogP contribution in [0.15, 0.2) is 54.6 Å². The van der Waals surface area contributed by atoms with E-state index in [4.69, 9.17) is 9.84 Å². The molecule has 2 aromatic carbocycles. The van der Waals surface area contributed by atoms with E-state index in [2.05, 4.69) is 35.2 Å². The van der Waals surface area contributed by atoms with Gasteiger partial charge in [-0.15, -0.1) is 0 Å². The first-order valence-corrected chi connectivity index (χ1v) is 9.18. The highest BCUT2D eigenvalue weighted by Gasteiger charge is 2.24. The van der Waals surface area contributed by atoms with Gasteiger partial charge in [-0.25, -0.2) is 0 Å². The van der Waals surface area contributed by atoms with Crippen LogP contribution in [0.3, 0.4) is 0 Å². The highest BCUT2D eigenvalue weighted by molar-refractivity contribution is 5.85. The van der Waals surface area contributed by atoms with E-state index in [0.717, 1.165) is 43.8 Å². The van der Waals surface area contributed by atoms with E-state index >= 15 is 0 Å². The lowest BCUT2D eigenvalue weighted by molar-refractivity contribution is -0.143. The molecule has 0 aromatic heterocycles. The first-order chi connectivity index (χ1) is 12.7. The number of rotatable bonds is 3. The molecule has 2 aliphatic heterocycles. The Balaban J connectivity index is 1.61. The van der Waals surface area contributed by atoms with Crippen LogP contribution in [0.1, 0.15) is 29.5 Å². The molecule has 0 spiro atoms. The normalized spacial score (nSPS) is 19.3. The van der Waals surface area contributed by atoms with E-state index in [1.54, 1.807) is 0 Å². The molecule has 134 valence electrons. The fourth-order valence-corrected chi connectivity index (χ4v) is 3.83. The van der Waals surface area contributed by atoms with Crippen LogP contribution in [0.4, 0.5) is 0 Å². The van der Waals surface area contributed by atoms with Crippen molar-refractivity contribution in [3.05, 3.63) is 71.3 Å². The van der Waals surface area contributed by atoms with Gasteiger partial charge < -0.3 is 9.84 Å². The molecule has 1 N–H and O–H groups in total. The summed E-state index contributed by atoms with van der Waals surface area (Å²) < 4.78 is 6.02. The number of para-hydroxylation sites is 1. The number of hydrogen-bond acceptors (Lipinski definition) is 3. The van der Waals surface area contributed by atoms with E-state index in [1.165, 1.54) is 16.7 Å². The number of piperidine rings is 1. The minimum Gasteiger partial charge on any atom is -0.488 e. The van der Waals surface area contributed by atoms with E-state index < -0.39 is 5.97 Å². The maximum Gasteiger partial charge on any atom is 0.306 e. The lowest BCUT2D eigenvalue weighted by Gasteiger charge is -2.29. The van der Waals surface area contributed by atoms with Crippen LogP contribution in [0.25, 0.3) is 5.57 Å². The third-order valence-corrected chi connectivity index (χ3v) is 5.36. The number of ether oxygens (including phenoxy) is 1. The number of aliphatic carboxylic acids is 1. The van der Waals surface area contributed by atoms with Gasteiger partial charge in [-0.1, -0.05) is 48.5 Å². The number of likely N-dealkylation sites (tertiary alicyclic amines) is 1. The van der Waals surface area contributed by atoms with Gasteiger partial charge in [0.05, 0.1) is 5.92 Å². The quantitative estimate of drug-likeness (QED) is 0.915. The SMILES string of the molecule is O=C(O)C1CCN(CC=C2c3ccccc3COc3ccccc32)CC1. The molecular formula is C22H23NO3. The molecule has 0 bridgehead atoms. The van der Waals surface area contributed by atoms with E-state index in [0.29, 0.717) is 6.61 Å². The van der Waals surface area contributed by atoms with Crippen molar-refractivity contribution in [1.29, 1.82) is 0 Å². The second kappa shape index (κ2) is 7.34. The van der Waals surface area contributed by atoms with E-state index in [1.807, 2.05) is 24.3 Å². The second-order valence-corrected chi connectivity index (χ2v) is 6.97. The summed E-state index contributed by atoms with van der Waals surface area (Å²) in [5.41, 5.74) is 4.74. The van der Waals surface area contributed by atoms with Crippen LogP contribution < -0.4 is 4.74 Å². The lowest BCUT2D eigenvalue weighted by atomic mass is 9.93. The number of carboxylic acids is 1. The largest absolute Gasteiger partial charge is 0.488 e. The highest BCUT2D eigenvalue weighted by Crippen LogP contribution is 2.36. The van der Waals surface area contributed by atoms with Crippen LogP contribution in [-0.2, 0) is 11.4 Å². The van der Waals surface area contributed by atoms with Gasteiger partial charge in [-0.2, -0.15) is 0 Å². The Morgan fingerprint density at radius 3 is 2.54 bits per heavy atom. The van der Waals surface area contributed by atoms with E-state index in [9.17, 15) is 4.79 Å². The second-order valence-electron chi connectivity index (χ2n) is 6.97. The van der Waals surface area contributed by atoms with Crippen molar-refractivity contribution in [2.45, 2.75) is 19.4 Å². The molecule has 0 radical (unpaired) electrons. The zero-order valence-corrected chi connectivity index (χ0v) is 14.7. The molecule has 4 heteroatoms. The average molecular weight is 349 g/mol. The lowest BCUT2D eigenvalue weighted by Crippen LogP contribution is -2.36. The van der Waals surface area contributed by atoms with Crippen molar-refractivity contribution in [2.75, 3.05) is 19.6 Å². The molecule has 0 aliphatic carbocycles. The van der Waals surface area contributed by atoms with Gasteiger partial charge in [0.1, 0.15) is 12.4 Å². The van der Waals surface area contributed by atoms with Gasteiger partial charge >= 0.3 is 5.97 Å². The topological polar surface area (TPSA) is 49.8 Å². The first kappa shape index (κ1) is 16.9. The molecular weight excluding hydrogens is 326 g/mol. The van der Waals surface area contributed by atoms with Gasteiger partial charge in [0.2, 0.25) is 0 Å². The van der Waals surface area contributed by atoms with Crippen molar-refractivity contribution >= 4 is 11.5 Å². The summed E-state index contributed by atoms with van der Waals surface area (Å²) in [6.07, 6.45) is 3.73. The summed E-state index contributed by atoms with van der Waals surface area (Å²) in [5, 5.41) is 9.16. The van der Waals surface area contributed by atoms with Gasteiger partial charge in [0, 0.05) is 12.1 Å². The zero-order valence-electron chi connectivity index (χ0n) is 14.7. The van der Waals surface area contributed by atoms with Gasteiger partial charge in [0.25, 0.3) is 0 Å². The van der Waals surface area contributed by atoms with Crippen molar-refractivity contribution in [1.82, 2.24) is 4.90 Å². The molecule has 26 heavy (non-hydrogen) atoms. The first-order valence-electron chi connectivity index (χ1n) is 9.18. The third kappa shape index (κ3) is 3.37. The van der Waals surface area contributed by atoms with Crippen molar-refractivity contribution in [2.24, 2.45) is 5.92 Å². The zero-order chi connectivity index (χ0) is 17.9. The van der Waals surface area contributed by atoms with Gasteiger partial charge in [-0.3, -0.25) is 9.69 Å².